The van der Waals surface area contributed by atoms with Crippen molar-refractivity contribution in [2.75, 3.05) is 6.61 Å². The summed E-state index contributed by atoms with van der Waals surface area (Å²) in [4.78, 5) is 0. The molecule has 28 heavy (non-hydrogen) atoms. The largest absolute Gasteiger partial charge is 0.491 e. The van der Waals surface area contributed by atoms with E-state index in [0.29, 0.717) is 29.5 Å². The molecule has 2 aromatic rings. The summed E-state index contributed by atoms with van der Waals surface area (Å²) in [7, 11) is 0. The van der Waals surface area contributed by atoms with Crippen molar-refractivity contribution >= 4 is 0 Å². The molecule has 2 nitrogen and oxygen atoms in total. The lowest BCUT2D eigenvalue weighted by atomic mass is 9.78. The number of ether oxygens (including phenoxy) is 1. The van der Waals surface area contributed by atoms with Crippen LogP contribution in [0, 0.1) is 35.2 Å². The second-order valence-corrected chi connectivity index (χ2v) is 7.00. The van der Waals surface area contributed by atoms with Gasteiger partial charge in [0.2, 0.25) is 5.82 Å². The van der Waals surface area contributed by atoms with Gasteiger partial charge in [-0.15, -0.1) is 0 Å². The van der Waals surface area contributed by atoms with Gasteiger partial charge in [-0.3, -0.25) is 0 Å². The Kier molecular flexibility index (Phi) is 6.64. The maximum absolute atomic E-state index is 14.4. The molecule has 148 valence electrons. The lowest BCUT2D eigenvalue weighted by Gasteiger charge is -2.26. The van der Waals surface area contributed by atoms with E-state index >= 15 is 0 Å². The normalized spacial score (nSPS) is 19.0. The SMILES string of the molecule is CCOc1ccc(C2CCC(C#Cc3ccc(CO)cc3F)CC2)c(F)c1F. The van der Waals surface area contributed by atoms with Crippen LogP contribution in [0.1, 0.15) is 55.2 Å². The van der Waals surface area contributed by atoms with Crippen molar-refractivity contribution in [1.29, 1.82) is 0 Å². The fraction of sp³-hybridized carbons (Fsp3) is 0.391. The quantitative estimate of drug-likeness (QED) is 0.719. The average molecular weight is 388 g/mol. The molecular formula is C23H23F3O2. The van der Waals surface area contributed by atoms with Crippen molar-refractivity contribution < 1.29 is 23.0 Å². The van der Waals surface area contributed by atoms with E-state index in [1.54, 1.807) is 25.1 Å². The maximum Gasteiger partial charge on any atom is 0.200 e. The van der Waals surface area contributed by atoms with Crippen LogP contribution in [-0.2, 0) is 6.61 Å². The van der Waals surface area contributed by atoms with Crippen LogP contribution >= 0.6 is 0 Å². The highest BCUT2D eigenvalue weighted by Gasteiger charge is 2.26. The molecule has 0 amide bonds. The Morgan fingerprint density at radius 1 is 1.04 bits per heavy atom. The Hall–Kier alpha value is -2.45. The molecular weight excluding hydrogens is 365 g/mol. The van der Waals surface area contributed by atoms with Crippen LogP contribution in [0.15, 0.2) is 30.3 Å². The van der Waals surface area contributed by atoms with E-state index in [0.717, 1.165) is 12.8 Å². The molecule has 5 heteroatoms. The molecule has 0 radical (unpaired) electrons. The lowest BCUT2D eigenvalue weighted by molar-refractivity contribution is 0.281. The Morgan fingerprint density at radius 2 is 1.79 bits per heavy atom. The van der Waals surface area contributed by atoms with E-state index in [1.807, 2.05) is 0 Å². The van der Waals surface area contributed by atoms with E-state index in [-0.39, 0.29) is 30.8 Å². The zero-order valence-corrected chi connectivity index (χ0v) is 15.8. The van der Waals surface area contributed by atoms with Gasteiger partial charge >= 0.3 is 0 Å². The minimum atomic E-state index is -0.928. The molecule has 0 aliphatic heterocycles. The number of hydrogen-bond acceptors (Lipinski definition) is 2. The van der Waals surface area contributed by atoms with Gasteiger partial charge in [0.1, 0.15) is 5.82 Å². The van der Waals surface area contributed by atoms with Crippen molar-refractivity contribution in [3.63, 3.8) is 0 Å². The number of halogens is 3. The highest BCUT2D eigenvalue weighted by atomic mass is 19.2. The molecule has 0 spiro atoms. The predicted molar refractivity (Wildman–Crippen MR) is 101 cm³/mol. The van der Waals surface area contributed by atoms with Crippen LogP contribution in [0.25, 0.3) is 0 Å². The molecule has 1 saturated carbocycles. The Bertz CT molecular complexity index is 891. The number of rotatable bonds is 4. The molecule has 0 bridgehead atoms. The first-order chi connectivity index (χ1) is 13.5. The van der Waals surface area contributed by atoms with Crippen molar-refractivity contribution in [2.45, 2.75) is 45.1 Å². The molecule has 1 aliphatic rings. The lowest BCUT2D eigenvalue weighted by Crippen LogP contribution is -2.14. The molecule has 0 saturated heterocycles. The number of hydrogen-bond donors (Lipinski definition) is 1. The first kappa shape index (κ1) is 20.3. The van der Waals surface area contributed by atoms with Gasteiger partial charge in [0, 0.05) is 5.92 Å². The molecule has 1 fully saturated rings. The number of aliphatic hydroxyl groups excluding tert-OH is 1. The summed E-state index contributed by atoms with van der Waals surface area (Å²) in [6.45, 7) is 1.79. The molecule has 3 rings (SSSR count). The Labute approximate surface area is 163 Å². The van der Waals surface area contributed by atoms with Gasteiger partial charge in [-0.05, 0) is 67.9 Å². The third-order valence-corrected chi connectivity index (χ3v) is 5.17. The molecule has 0 heterocycles. The smallest absolute Gasteiger partial charge is 0.200 e. The Balaban J connectivity index is 1.65. The Morgan fingerprint density at radius 3 is 2.43 bits per heavy atom. The highest BCUT2D eigenvalue weighted by molar-refractivity contribution is 5.38. The van der Waals surface area contributed by atoms with Gasteiger partial charge in [0.15, 0.2) is 11.6 Å². The molecule has 2 aromatic carbocycles. The third kappa shape index (κ3) is 4.51. The standard InChI is InChI=1S/C23H23F3O2/c1-2-28-21-12-11-19(22(25)23(21)26)17-7-3-15(4-8-17)5-9-18-10-6-16(14-27)13-20(18)24/h6,10-13,15,17,27H,2-4,7-8,14H2,1H3. The summed E-state index contributed by atoms with van der Waals surface area (Å²) in [6, 6.07) is 7.59. The fourth-order valence-corrected chi connectivity index (χ4v) is 3.62. The van der Waals surface area contributed by atoms with Gasteiger partial charge in [0.05, 0.1) is 18.8 Å². The summed E-state index contributed by atoms with van der Waals surface area (Å²) in [5, 5.41) is 9.02. The van der Waals surface area contributed by atoms with E-state index in [9.17, 15) is 13.2 Å². The van der Waals surface area contributed by atoms with Gasteiger partial charge in [-0.2, -0.15) is 4.39 Å². The highest BCUT2D eigenvalue weighted by Crippen LogP contribution is 2.38. The van der Waals surface area contributed by atoms with Crippen LogP contribution in [-0.4, -0.2) is 11.7 Å². The third-order valence-electron chi connectivity index (χ3n) is 5.17. The second kappa shape index (κ2) is 9.16. The van der Waals surface area contributed by atoms with Crippen molar-refractivity contribution in [3.05, 3.63) is 64.5 Å². The van der Waals surface area contributed by atoms with Crippen LogP contribution in [0.4, 0.5) is 13.2 Å². The summed E-state index contributed by atoms with van der Waals surface area (Å²) < 4.78 is 47.5. The molecule has 1 aliphatic carbocycles. The predicted octanol–water partition coefficient (Wildman–Crippen LogP) is 5.32. The van der Waals surface area contributed by atoms with Gasteiger partial charge < -0.3 is 9.84 Å². The number of benzene rings is 2. The molecule has 0 atom stereocenters. The van der Waals surface area contributed by atoms with Crippen LogP contribution in [0.3, 0.4) is 0 Å². The average Bonchev–Trinajstić information content (AvgIpc) is 2.71. The van der Waals surface area contributed by atoms with E-state index in [4.69, 9.17) is 9.84 Å². The first-order valence-electron chi connectivity index (χ1n) is 9.55. The van der Waals surface area contributed by atoms with Gasteiger partial charge in [-0.1, -0.05) is 24.0 Å². The van der Waals surface area contributed by atoms with Crippen molar-refractivity contribution in [3.8, 4) is 17.6 Å². The number of aliphatic hydroxyl groups is 1. The zero-order valence-electron chi connectivity index (χ0n) is 15.8. The topological polar surface area (TPSA) is 29.5 Å². The van der Waals surface area contributed by atoms with Gasteiger partial charge in [-0.25, -0.2) is 8.78 Å². The van der Waals surface area contributed by atoms with Crippen LogP contribution in [0.5, 0.6) is 5.75 Å². The first-order valence-corrected chi connectivity index (χ1v) is 9.55. The monoisotopic (exact) mass is 388 g/mol. The van der Waals surface area contributed by atoms with Crippen molar-refractivity contribution in [2.24, 2.45) is 5.92 Å². The van der Waals surface area contributed by atoms with Crippen molar-refractivity contribution in [1.82, 2.24) is 0 Å². The minimum absolute atomic E-state index is 0.0520. The molecule has 1 N–H and O–H groups in total. The molecule has 0 aromatic heterocycles. The summed E-state index contributed by atoms with van der Waals surface area (Å²) >= 11 is 0. The summed E-state index contributed by atoms with van der Waals surface area (Å²) in [6.07, 6.45) is 2.91. The van der Waals surface area contributed by atoms with E-state index < -0.39 is 17.5 Å². The zero-order chi connectivity index (χ0) is 20.1. The maximum atomic E-state index is 14.4. The second-order valence-electron chi connectivity index (χ2n) is 7.00. The molecule has 0 unspecified atom stereocenters. The fourth-order valence-electron chi connectivity index (χ4n) is 3.62. The van der Waals surface area contributed by atoms with E-state index in [2.05, 4.69) is 11.8 Å². The van der Waals surface area contributed by atoms with E-state index in [1.165, 1.54) is 12.1 Å². The van der Waals surface area contributed by atoms with Crippen LogP contribution < -0.4 is 4.74 Å². The summed E-state index contributed by atoms with van der Waals surface area (Å²) in [5.74, 6) is 3.76. The minimum Gasteiger partial charge on any atom is -0.491 e. The van der Waals surface area contributed by atoms with Gasteiger partial charge in [0.25, 0.3) is 0 Å². The summed E-state index contributed by atoms with van der Waals surface area (Å²) in [5.41, 5.74) is 1.20. The van der Waals surface area contributed by atoms with Crippen LogP contribution in [0.2, 0.25) is 0 Å².